The molecule has 0 saturated heterocycles. The molecule has 1 aliphatic rings. The van der Waals surface area contributed by atoms with Gasteiger partial charge in [-0.2, -0.15) is 0 Å². The first-order valence-electron chi connectivity index (χ1n) is 6.88. The minimum absolute atomic E-state index is 0.647. The van der Waals surface area contributed by atoms with Crippen LogP contribution in [-0.2, 0) is 13.0 Å². The standard InChI is InChI=1S/C15H19NO2S/c1-3-10-11-7-12-13(18-6-5-17-12)8-14(11)19-15(10)9-16-4-2/h7-8,16H,3-6,9H2,1-2H3. The number of fused-ring (bicyclic) bond motifs is 2. The van der Waals surface area contributed by atoms with Gasteiger partial charge >= 0.3 is 0 Å². The van der Waals surface area contributed by atoms with Crippen molar-refractivity contribution in [2.45, 2.75) is 26.8 Å². The minimum atomic E-state index is 0.647. The lowest BCUT2D eigenvalue weighted by molar-refractivity contribution is 0.172. The summed E-state index contributed by atoms with van der Waals surface area (Å²) >= 11 is 1.86. The fourth-order valence-corrected chi connectivity index (χ4v) is 3.78. The number of hydrogen-bond acceptors (Lipinski definition) is 4. The number of benzene rings is 1. The van der Waals surface area contributed by atoms with Crippen LogP contribution < -0.4 is 14.8 Å². The molecular weight excluding hydrogens is 258 g/mol. The molecule has 4 heteroatoms. The normalized spacial score (nSPS) is 14.0. The van der Waals surface area contributed by atoms with Crippen molar-refractivity contribution in [1.82, 2.24) is 5.32 Å². The van der Waals surface area contributed by atoms with Gasteiger partial charge in [0, 0.05) is 22.2 Å². The van der Waals surface area contributed by atoms with Gasteiger partial charge in [-0.1, -0.05) is 13.8 Å². The molecule has 0 radical (unpaired) electrons. The summed E-state index contributed by atoms with van der Waals surface area (Å²) in [5, 5.41) is 4.74. The molecule has 2 aromatic rings. The third kappa shape index (κ3) is 2.30. The molecule has 0 amide bonds. The molecule has 3 rings (SSSR count). The topological polar surface area (TPSA) is 30.5 Å². The molecule has 0 saturated carbocycles. The highest BCUT2D eigenvalue weighted by molar-refractivity contribution is 7.19. The van der Waals surface area contributed by atoms with Gasteiger partial charge in [-0.05, 0) is 30.0 Å². The van der Waals surface area contributed by atoms with Crippen LogP contribution in [-0.4, -0.2) is 19.8 Å². The predicted molar refractivity (Wildman–Crippen MR) is 79.6 cm³/mol. The van der Waals surface area contributed by atoms with Crippen molar-refractivity contribution in [2.75, 3.05) is 19.8 Å². The van der Waals surface area contributed by atoms with Gasteiger partial charge in [-0.15, -0.1) is 11.3 Å². The predicted octanol–water partition coefficient (Wildman–Crippen LogP) is 3.34. The van der Waals surface area contributed by atoms with Crippen molar-refractivity contribution in [3.05, 3.63) is 22.6 Å². The molecule has 1 aromatic heterocycles. The Hall–Kier alpha value is -1.26. The molecule has 1 aromatic carbocycles. The molecular formula is C15H19NO2S. The van der Waals surface area contributed by atoms with Crippen molar-refractivity contribution in [1.29, 1.82) is 0 Å². The zero-order valence-corrected chi connectivity index (χ0v) is 12.2. The Morgan fingerprint density at radius 3 is 2.58 bits per heavy atom. The van der Waals surface area contributed by atoms with Crippen LogP contribution in [0.15, 0.2) is 12.1 Å². The van der Waals surface area contributed by atoms with E-state index < -0.39 is 0 Å². The van der Waals surface area contributed by atoms with E-state index in [9.17, 15) is 0 Å². The maximum atomic E-state index is 5.69. The van der Waals surface area contributed by atoms with Crippen molar-refractivity contribution in [3.8, 4) is 11.5 Å². The van der Waals surface area contributed by atoms with Gasteiger partial charge in [0.1, 0.15) is 13.2 Å². The molecule has 3 nitrogen and oxygen atoms in total. The van der Waals surface area contributed by atoms with E-state index in [0.29, 0.717) is 13.2 Å². The van der Waals surface area contributed by atoms with Crippen molar-refractivity contribution >= 4 is 21.4 Å². The summed E-state index contributed by atoms with van der Waals surface area (Å²) in [7, 11) is 0. The van der Waals surface area contributed by atoms with Gasteiger partial charge in [0.25, 0.3) is 0 Å². The van der Waals surface area contributed by atoms with Gasteiger partial charge in [-0.25, -0.2) is 0 Å². The van der Waals surface area contributed by atoms with Crippen LogP contribution in [0.1, 0.15) is 24.3 Å². The van der Waals surface area contributed by atoms with Crippen LogP contribution in [0, 0.1) is 0 Å². The first kappa shape index (κ1) is 12.8. The lowest BCUT2D eigenvalue weighted by Crippen LogP contribution is -2.15. The number of aryl methyl sites for hydroxylation is 1. The zero-order chi connectivity index (χ0) is 13.2. The van der Waals surface area contributed by atoms with E-state index >= 15 is 0 Å². The summed E-state index contributed by atoms with van der Waals surface area (Å²) in [6, 6.07) is 4.28. The number of ether oxygens (including phenoxy) is 2. The number of rotatable bonds is 4. The van der Waals surface area contributed by atoms with E-state index in [4.69, 9.17) is 9.47 Å². The Bertz CT molecular complexity index is 591. The van der Waals surface area contributed by atoms with E-state index in [1.165, 1.54) is 20.5 Å². The Balaban J connectivity index is 2.09. The maximum absolute atomic E-state index is 5.69. The van der Waals surface area contributed by atoms with E-state index in [2.05, 4.69) is 31.3 Å². The molecule has 2 heterocycles. The molecule has 0 atom stereocenters. The molecule has 0 fully saturated rings. The highest BCUT2D eigenvalue weighted by Crippen LogP contribution is 2.40. The van der Waals surface area contributed by atoms with E-state index in [0.717, 1.165) is 31.0 Å². The van der Waals surface area contributed by atoms with Crippen LogP contribution >= 0.6 is 11.3 Å². The molecule has 1 aliphatic heterocycles. The third-order valence-corrected chi connectivity index (χ3v) is 4.62. The number of nitrogens with one attached hydrogen (secondary N) is 1. The molecule has 0 aliphatic carbocycles. The third-order valence-electron chi connectivity index (χ3n) is 3.43. The monoisotopic (exact) mass is 277 g/mol. The molecule has 0 spiro atoms. The Labute approximate surface area is 117 Å². The van der Waals surface area contributed by atoms with E-state index in [1.54, 1.807) is 0 Å². The van der Waals surface area contributed by atoms with Gasteiger partial charge in [0.05, 0.1) is 0 Å². The largest absolute Gasteiger partial charge is 0.486 e. The first-order valence-corrected chi connectivity index (χ1v) is 7.69. The Morgan fingerprint density at radius 2 is 1.89 bits per heavy atom. The van der Waals surface area contributed by atoms with Crippen molar-refractivity contribution < 1.29 is 9.47 Å². The SMILES string of the molecule is CCNCc1sc2cc3c(cc2c1CC)OCCO3. The van der Waals surface area contributed by atoms with Gasteiger partial charge in [0.15, 0.2) is 11.5 Å². The van der Waals surface area contributed by atoms with E-state index in [-0.39, 0.29) is 0 Å². The van der Waals surface area contributed by atoms with Crippen LogP contribution in [0.5, 0.6) is 11.5 Å². The van der Waals surface area contributed by atoms with Crippen LogP contribution in [0.2, 0.25) is 0 Å². The summed E-state index contributed by atoms with van der Waals surface area (Å²) in [6.07, 6.45) is 1.06. The first-order chi connectivity index (χ1) is 9.33. The van der Waals surface area contributed by atoms with Gasteiger partial charge < -0.3 is 14.8 Å². The summed E-state index contributed by atoms with van der Waals surface area (Å²) < 4.78 is 12.6. The number of hydrogen-bond donors (Lipinski definition) is 1. The summed E-state index contributed by atoms with van der Waals surface area (Å²) in [5.41, 5.74) is 1.44. The van der Waals surface area contributed by atoms with Crippen LogP contribution in [0.4, 0.5) is 0 Å². The molecule has 0 unspecified atom stereocenters. The van der Waals surface area contributed by atoms with Crippen molar-refractivity contribution in [2.24, 2.45) is 0 Å². The minimum Gasteiger partial charge on any atom is -0.486 e. The number of thiophene rings is 1. The lowest BCUT2D eigenvalue weighted by atomic mass is 10.1. The summed E-state index contributed by atoms with van der Waals surface area (Å²) in [4.78, 5) is 1.43. The smallest absolute Gasteiger partial charge is 0.162 e. The lowest BCUT2D eigenvalue weighted by Gasteiger charge is -2.18. The van der Waals surface area contributed by atoms with Crippen LogP contribution in [0.25, 0.3) is 10.1 Å². The molecule has 1 N–H and O–H groups in total. The Kier molecular flexibility index (Phi) is 3.62. The van der Waals surface area contributed by atoms with E-state index in [1.807, 2.05) is 11.3 Å². The highest BCUT2D eigenvalue weighted by atomic mass is 32.1. The molecule has 0 bridgehead atoms. The van der Waals surface area contributed by atoms with Crippen LogP contribution in [0.3, 0.4) is 0 Å². The zero-order valence-electron chi connectivity index (χ0n) is 11.4. The van der Waals surface area contributed by atoms with Gasteiger partial charge in [-0.3, -0.25) is 0 Å². The van der Waals surface area contributed by atoms with Crippen molar-refractivity contribution in [3.63, 3.8) is 0 Å². The molecule has 19 heavy (non-hydrogen) atoms. The average Bonchev–Trinajstić information content (AvgIpc) is 2.78. The van der Waals surface area contributed by atoms with Gasteiger partial charge in [0.2, 0.25) is 0 Å². The fourth-order valence-electron chi connectivity index (χ4n) is 2.50. The molecule has 102 valence electrons. The second kappa shape index (κ2) is 5.39. The quantitative estimate of drug-likeness (QED) is 0.929. The summed E-state index contributed by atoms with van der Waals surface area (Å²) in [5.74, 6) is 1.78. The summed E-state index contributed by atoms with van der Waals surface area (Å²) in [6.45, 7) is 7.60. The maximum Gasteiger partial charge on any atom is 0.162 e. The fraction of sp³-hybridized carbons (Fsp3) is 0.467. The Morgan fingerprint density at radius 1 is 1.16 bits per heavy atom. The second-order valence-electron chi connectivity index (χ2n) is 4.63. The average molecular weight is 277 g/mol. The highest BCUT2D eigenvalue weighted by Gasteiger charge is 2.17. The second-order valence-corrected chi connectivity index (χ2v) is 5.77.